The Balaban J connectivity index is 1.95. The first kappa shape index (κ1) is 20.7. The fraction of sp³-hybridized carbons (Fsp3) is 0.333. The number of carbonyl (C=O) groups is 2. The van der Waals surface area contributed by atoms with E-state index in [0.29, 0.717) is 5.69 Å². The van der Waals surface area contributed by atoms with Gasteiger partial charge in [0.15, 0.2) is 0 Å². The predicted molar refractivity (Wildman–Crippen MR) is 101 cm³/mol. The smallest absolute Gasteiger partial charge is 0.354 e. The summed E-state index contributed by atoms with van der Waals surface area (Å²) >= 11 is 0. The number of benzene rings is 1. The quantitative estimate of drug-likeness (QED) is 0.697. The number of rotatable bonds is 7. The highest BCUT2D eigenvalue weighted by molar-refractivity contribution is 7.89. The van der Waals surface area contributed by atoms with Gasteiger partial charge in [0.05, 0.1) is 7.11 Å². The van der Waals surface area contributed by atoms with Gasteiger partial charge in [-0.15, -0.1) is 0 Å². The molecule has 0 spiro atoms. The van der Waals surface area contributed by atoms with Crippen LogP contribution in [0.3, 0.4) is 0 Å². The molecular weight excluding hydrogens is 370 g/mol. The minimum absolute atomic E-state index is 0.0249. The number of nitrogens with one attached hydrogen (secondary N) is 2. The van der Waals surface area contributed by atoms with Crippen molar-refractivity contribution in [1.82, 2.24) is 9.29 Å². The molecule has 8 nitrogen and oxygen atoms in total. The van der Waals surface area contributed by atoms with Gasteiger partial charge in [-0.1, -0.05) is 6.07 Å². The van der Waals surface area contributed by atoms with Crippen molar-refractivity contribution in [2.24, 2.45) is 7.05 Å². The number of aryl methyl sites for hydroxylation is 3. The zero-order valence-electron chi connectivity index (χ0n) is 15.7. The van der Waals surface area contributed by atoms with Crippen molar-refractivity contribution in [2.45, 2.75) is 25.2 Å². The summed E-state index contributed by atoms with van der Waals surface area (Å²) in [6, 6.07) is 6.90. The van der Waals surface area contributed by atoms with Crippen LogP contribution in [0.2, 0.25) is 0 Å². The van der Waals surface area contributed by atoms with Crippen molar-refractivity contribution in [3.05, 3.63) is 47.3 Å². The van der Waals surface area contributed by atoms with Crippen LogP contribution in [0.5, 0.6) is 0 Å². The summed E-state index contributed by atoms with van der Waals surface area (Å²) in [4.78, 5) is 23.6. The molecule has 0 bridgehead atoms. The number of esters is 1. The molecule has 0 aliphatic heterocycles. The molecule has 1 heterocycles. The fourth-order valence-corrected chi connectivity index (χ4v) is 3.74. The van der Waals surface area contributed by atoms with Crippen LogP contribution in [0.4, 0.5) is 5.69 Å². The number of hydrogen-bond donors (Lipinski definition) is 2. The first-order chi connectivity index (χ1) is 12.6. The van der Waals surface area contributed by atoms with E-state index in [1.807, 2.05) is 32.0 Å². The van der Waals surface area contributed by atoms with Crippen molar-refractivity contribution in [2.75, 3.05) is 19.0 Å². The number of anilines is 1. The lowest BCUT2D eigenvalue weighted by molar-refractivity contribution is -0.116. The Hall–Kier alpha value is -2.65. The summed E-state index contributed by atoms with van der Waals surface area (Å²) in [5.41, 5.74) is 2.84. The van der Waals surface area contributed by atoms with Gasteiger partial charge in [0.2, 0.25) is 15.9 Å². The van der Waals surface area contributed by atoms with E-state index < -0.39 is 16.0 Å². The third-order valence-electron chi connectivity index (χ3n) is 3.83. The van der Waals surface area contributed by atoms with Crippen molar-refractivity contribution >= 4 is 27.6 Å². The van der Waals surface area contributed by atoms with Gasteiger partial charge >= 0.3 is 5.97 Å². The van der Waals surface area contributed by atoms with Crippen molar-refractivity contribution in [1.29, 1.82) is 0 Å². The number of ether oxygens (including phenoxy) is 1. The normalized spacial score (nSPS) is 11.3. The lowest BCUT2D eigenvalue weighted by Gasteiger charge is -2.08. The summed E-state index contributed by atoms with van der Waals surface area (Å²) in [6.07, 6.45) is 1.28. The van der Waals surface area contributed by atoms with Crippen LogP contribution in [-0.4, -0.2) is 38.5 Å². The molecule has 0 saturated heterocycles. The number of carbonyl (C=O) groups excluding carboxylic acids is 2. The first-order valence-corrected chi connectivity index (χ1v) is 9.73. The van der Waals surface area contributed by atoms with Crippen LogP contribution in [0.25, 0.3) is 0 Å². The molecule has 0 saturated carbocycles. The maximum atomic E-state index is 12.3. The van der Waals surface area contributed by atoms with Crippen LogP contribution >= 0.6 is 0 Å². The Morgan fingerprint density at radius 2 is 1.74 bits per heavy atom. The summed E-state index contributed by atoms with van der Waals surface area (Å²) in [6.45, 7) is 3.79. The molecule has 146 valence electrons. The minimum atomic E-state index is -3.84. The Kier molecular flexibility index (Phi) is 6.40. The van der Waals surface area contributed by atoms with Gasteiger partial charge in [-0.3, -0.25) is 4.79 Å². The molecule has 0 aliphatic carbocycles. The number of nitrogens with zero attached hydrogens (tertiary/aromatic N) is 1. The Morgan fingerprint density at radius 1 is 1.11 bits per heavy atom. The molecule has 1 amide bonds. The van der Waals surface area contributed by atoms with E-state index in [1.54, 1.807) is 7.05 Å². The minimum Gasteiger partial charge on any atom is -0.464 e. The largest absolute Gasteiger partial charge is 0.464 e. The van der Waals surface area contributed by atoms with Crippen LogP contribution in [-0.2, 0) is 26.6 Å². The second-order valence-electron chi connectivity index (χ2n) is 6.24. The first-order valence-electron chi connectivity index (χ1n) is 8.25. The lowest BCUT2D eigenvalue weighted by Crippen LogP contribution is -2.27. The third-order valence-corrected chi connectivity index (χ3v) is 5.26. The third kappa shape index (κ3) is 5.41. The van der Waals surface area contributed by atoms with Gasteiger partial charge < -0.3 is 14.6 Å². The average Bonchev–Trinajstić information content (AvgIpc) is 2.95. The van der Waals surface area contributed by atoms with Crippen LogP contribution in [0.15, 0.2) is 35.4 Å². The number of methoxy groups -OCH3 is 1. The summed E-state index contributed by atoms with van der Waals surface area (Å²) in [5, 5.41) is 2.75. The second kappa shape index (κ2) is 8.36. The molecule has 9 heteroatoms. The molecule has 0 fully saturated rings. The van der Waals surface area contributed by atoms with Crippen molar-refractivity contribution in [3.63, 3.8) is 0 Å². The van der Waals surface area contributed by atoms with E-state index in [4.69, 9.17) is 0 Å². The molecule has 27 heavy (non-hydrogen) atoms. The highest BCUT2D eigenvalue weighted by atomic mass is 32.2. The van der Waals surface area contributed by atoms with Gasteiger partial charge in [0.1, 0.15) is 10.6 Å². The lowest BCUT2D eigenvalue weighted by atomic mass is 10.1. The number of sulfonamides is 1. The van der Waals surface area contributed by atoms with Crippen molar-refractivity contribution in [3.8, 4) is 0 Å². The Bertz CT molecular complexity index is 943. The van der Waals surface area contributed by atoms with E-state index in [1.165, 1.54) is 23.9 Å². The monoisotopic (exact) mass is 393 g/mol. The number of aromatic nitrogens is 1. The van der Waals surface area contributed by atoms with Gasteiger partial charge in [-0.2, -0.15) is 0 Å². The van der Waals surface area contributed by atoms with Gasteiger partial charge in [-0.05, 0) is 43.2 Å². The standard InChI is InChI=1S/C18H23N3O5S/c1-12-7-13(2)9-14(8-12)20-17(22)5-6-19-27(24,25)15-10-16(18(23)26-4)21(3)11-15/h7-11,19H,5-6H2,1-4H3,(H,20,22). The summed E-state index contributed by atoms with van der Waals surface area (Å²) < 4.78 is 33.0. The molecule has 1 aromatic heterocycles. The van der Waals surface area contributed by atoms with Crippen LogP contribution in [0.1, 0.15) is 28.0 Å². The van der Waals surface area contributed by atoms with Crippen LogP contribution < -0.4 is 10.0 Å². The second-order valence-corrected chi connectivity index (χ2v) is 8.00. The molecule has 2 rings (SSSR count). The van der Waals surface area contributed by atoms with E-state index in [0.717, 1.165) is 11.1 Å². The number of hydrogen-bond acceptors (Lipinski definition) is 5. The van der Waals surface area contributed by atoms with Crippen molar-refractivity contribution < 1.29 is 22.7 Å². The predicted octanol–water partition coefficient (Wildman–Crippen LogP) is 1.74. The topological polar surface area (TPSA) is 106 Å². The maximum absolute atomic E-state index is 12.3. The SMILES string of the molecule is COC(=O)c1cc(S(=O)(=O)NCCC(=O)Nc2cc(C)cc(C)c2)cn1C. The zero-order chi connectivity index (χ0) is 20.2. The fourth-order valence-electron chi connectivity index (χ4n) is 2.64. The molecule has 2 aromatic rings. The zero-order valence-corrected chi connectivity index (χ0v) is 16.5. The highest BCUT2D eigenvalue weighted by Gasteiger charge is 2.20. The van der Waals surface area contributed by atoms with Gasteiger partial charge in [-0.25, -0.2) is 17.9 Å². The van der Waals surface area contributed by atoms with Crippen LogP contribution in [0, 0.1) is 13.8 Å². The molecule has 2 N–H and O–H groups in total. The van der Waals surface area contributed by atoms with E-state index in [9.17, 15) is 18.0 Å². The van der Waals surface area contributed by atoms with Gasteiger partial charge in [0, 0.05) is 31.9 Å². The molecule has 0 aliphatic rings. The highest BCUT2D eigenvalue weighted by Crippen LogP contribution is 2.15. The molecular formula is C18H23N3O5S. The maximum Gasteiger partial charge on any atom is 0.354 e. The molecule has 0 atom stereocenters. The average molecular weight is 393 g/mol. The Morgan fingerprint density at radius 3 is 2.33 bits per heavy atom. The Labute approximate surface area is 158 Å². The van der Waals surface area contributed by atoms with E-state index in [2.05, 4.69) is 14.8 Å². The summed E-state index contributed by atoms with van der Waals surface area (Å²) in [7, 11) is -1.08. The molecule has 0 unspecified atom stereocenters. The summed E-state index contributed by atoms with van der Waals surface area (Å²) in [5.74, 6) is -0.933. The van der Waals surface area contributed by atoms with Gasteiger partial charge in [0.25, 0.3) is 0 Å². The molecule has 0 radical (unpaired) electrons. The van der Waals surface area contributed by atoms with E-state index in [-0.39, 0.29) is 29.5 Å². The molecule has 1 aromatic carbocycles. The van der Waals surface area contributed by atoms with E-state index >= 15 is 0 Å². The number of amides is 1.